The summed E-state index contributed by atoms with van der Waals surface area (Å²) in [6, 6.07) is -2.51. The number of alkyl carbamates (subject to hydrolysis) is 1. The fourth-order valence-electron chi connectivity index (χ4n) is 5.57. The normalized spacial score (nSPS) is 25.1. The van der Waals surface area contributed by atoms with Gasteiger partial charge in [-0.1, -0.05) is 0 Å². The summed E-state index contributed by atoms with van der Waals surface area (Å²) in [5.41, 5.74) is -5.89. The molecule has 0 aromatic heterocycles. The standard InChI is InChI=1S/C31H51N7O10/c1-17(39)32-16-18-20-31(38(26(44)48-30(11,12)13)21(33-20)34-23(41)45-27(2,3)4)19(40)14-15-36(31)22(35-24(42)46-28(5,6)7)37(18)25(43)47-29(8,9)10/h18-20,40H,14-16H2,1-13H3,(H,32,39)(H,33,34,41)/b35-22+/t18-,19-,20-,31-/m0/s1. The number of aliphatic hydroxyl groups excluding tert-OH is 1. The maximum atomic E-state index is 14.2. The van der Waals surface area contributed by atoms with Gasteiger partial charge in [0, 0.05) is 20.0 Å². The van der Waals surface area contributed by atoms with Crippen molar-refractivity contribution < 1.29 is 48.0 Å². The van der Waals surface area contributed by atoms with E-state index >= 15 is 0 Å². The summed E-state index contributed by atoms with van der Waals surface area (Å²) in [5.74, 6) is -1.15. The number of guanidine groups is 2. The molecule has 270 valence electrons. The number of carbonyl (C=O) groups excluding carboxylic acids is 5. The van der Waals surface area contributed by atoms with Crippen molar-refractivity contribution in [1.29, 1.82) is 0 Å². The topological polar surface area (TPSA) is 201 Å². The second-order valence-corrected chi connectivity index (χ2v) is 15.8. The first-order valence-corrected chi connectivity index (χ1v) is 15.8. The number of carbonyl (C=O) groups is 5. The largest absolute Gasteiger partial charge is 0.444 e. The number of nitrogens with one attached hydrogen (secondary N) is 2. The summed E-state index contributed by atoms with van der Waals surface area (Å²) in [4.78, 5) is 79.2. The molecule has 3 N–H and O–H groups in total. The quantitative estimate of drug-likeness (QED) is 0.361. The second-order valence-electron chi connectivity index (χ2n) is 15.8. The predicted octanol–water partition coefficient (Wildman–Crippen LogP) is 3.30. The summed E-state index contributed by atoms with van der Waals surface area (Å²) in [5, 5.41) is 17.1. The molecule has 17 heteroatoms. The van der Waals surface area contributed by atoms with E-state index in [0.717, 1.165) is 9.80 Å². The molecule has 3 rings (SSSR count). The highest BCUT2D eigenvalue weighted by Gasteiger charge is 2.72. The van der Waals surface area contributed by atoms with Crippen molar-refractivity contribution in [3.05, 3.63) is 0 Å². The van der Waals surface area contributed by atoms with Gasteiger partial charge in [-0.3, -0.25) is 10.1 Å². The van der Waals surface area contributed by atoms with Gasteiger partial charge >= 0.3 is 24.4 Å². The minimum atomic E-state index is -1.92. The van der Waals surface area contributed by atoms with Gasteiger partial charge < -0.3 is 34.3 Å². The molecule has 0 saturated carbocycles. The van der Waals surface area contributed by atoms with E-state index in [-0.39, 0.29) is 31.4 Å². The fourth-order valence-corrected chi connectivity index (χ4v) is 5.57. The SMILES string of the molecule is CC(=O)NC[C@H]1[C@@H]2N=C(NC(=O)OC(C)(C)C)N(C(=O)OC(C)(C)C)[C@@]23[C@@H](O)CCN3/C(=N\C(=O)OC(C)(C)C)N1C(=O)OC(C)(C)C. The Balaban J connectivity index is 2.38. The first kappa shape index (κ1) is 38.3. The van der Waals surface area contributed by atoms with E-state index in [1.807, 2.05) is 0 Å². The number of rotatable bonds is 2. The molecule has 0 unspecified atom stereocenters. The molecule has 2 fully saturated rings. The molecular weight excluding hydrogens is 630 g/mol. The zero-order valence-electron chi connectivity index (χ0n) is 30.2. The maximum absolute atomic E-state index is 14.2. The van der Waals surface area contributed by atoms with Crippen molar-refractivity contribution in [3.8, 4) is 0 Å². The minimum Gasteiger partial charge on any atom is -0.444 e. The van der Waals surface area contributed by atoms with Crippen LogP contribution < -0.4 is 10.6 Å². The third kappa shape index (κ3) is 8.65. The molecule has 0 bridgehead atoms. The highest BCUT2D eigenvalue weighted by Crippen LogP contribution is 2.48. The summed E-state index contributed by atoms with van der Waals surface area (Å²) < 4.78 is 22.4. The fraction of sp³-hybridized carbons (Fsp3) is 0.774. The van der Waals surface area contributed by atoms with E-state index in [4.69, 9.17) is 23.9 Å². The lowest BCUT2D eigenvalue weighted by atomic mass is 9.86. The molecule has 0 aromatic carbocycles. The van der Waals surface area contributed by atoms with E-state index < -0.39 is 76.5 Å². The Labute approximate surface area is 281 Å². The molecule has 3 aliphatic heterocycles. The highest BCUT2D eigenvalue weighted by atomic mass is 16.6. The second kappa shape index (κ2) is 13.0. The van der Waals surface area contributed by atoms with Crippen LogP contribution in [0.2, 0.25) is 0 Å². The third-order valence-electron chi connectivity index (χ3n) is 6.89. The minimum absolute atomic E-state index is 0.00733. The molecule has 0 aromatic rings. The molecule has 1 spiro atoms. The van der Waals surface area contributed by atoms with Crippen LogP contribution in [0.1, 0.15) is 96.4 Å². The molecule has 0 aliphatic carbocycles. The average Bonchev–Trinajstić information content (AvgIpc) is 3.34. The van der Waals surface area contributed by atoms with Gasteiger partial charge in [0.05, 0.1) is 6.04 Å². The molecule has 3 aliphatic rings. The van der Waals surface area contributed by atoms with E-state index in [2.05, 4.69) is 15.6 Å². The Morgan fingerprint density at radius 3 is 1.88 bits per heavy atom. The number of hydrogen-bond donors (Lipinski definition) is 3. The van der Waals surface area contributed by atoms with E-state index in [0.29, 0.717) is 0 Å². The average molecular weight is 682 g/mol. The number of ether oxygens (including phenoxy) is 4. The van der Waals surface area contributed by atoms with Gasteiger partial charge in [0.15, 0.2) is 5.66 Å². The van der Waals surface area contributed by atoms with Crippen LogP contribution in [0.4, 0.5) is 19.2 Å². The lowest BCUT2D eigenvalue weighted by Gasteiger charge is -2.55. The molecule has 5 amide bonds. The maximum Gasteiger partial charge on any atom is 0.437 e. The van der Waals surface area contributed by atoms with Crippen LogP contribution in [0.5, 0.6) is 0 Å². The van der Waals surface area contributed by atoms with Crippen LogP contribution in [0.3, 0.4) is 0 Å². The van der Waals surface area contributed by atoms with Gasteiger partial charge in [-0.15, -0.1) is 4.99 Å². The molecule has 3 heterocycles. The summed E-state index contributed by atoms with van der Waals surface area (Å²) >= 11 is 0. The Bertz CT molecular complexity index is 1370. The monoisotopic (exact) mass is 681 g/mol. The highest BCUT2D eigenvalue weighted by molar-refractivity contribution is 6.07. The van der Waals surface area contributed by atoms with Gasteiger partial charge in [-0.25, -0.2) is 34.0 Å². The molecule has 0 radical (unpaired) electrons. The van der Waals surface area contributed by atoms with Crippen LogP contribution >= 0.6 is 0 Å². The molecule has 2 saturated heterocycles. The smallest absolute Gasteiger partial charge is 0.437 e. The van der Waals surface area contributed by atoms with Crippen LogP contribution in [-0.4, -0.2) is 121 Å². The van der Waals surface area contributed by atoms with Crippen molar-refractivity contribution in [2.24, 2.45) is 9.98 Å². The molecule has 17 nitrogen and oxygen atoms in total. The summed E-state index contributed by atoms with van der Waals surface area (Å²) in [6.45, 7) is 20.6. The van der Waals surface area contributed by atoms with Crippen molar-refractivity contribution in [3.63, 3.8) is 0 Å². The van der Waals surface area contributed by atoms with Gasteiger partial charge in [0.1, 0.15) is 34.6 Å². The van der Waals surface area contributed by atoms with Gasteiger partial charge in [0.25, 0.3) is 0 Å². The van der Waals surface area contributed by atoms with E-state index in [1.54, 1.807) is 83.1 Å². The molecule has 4 atom stereocenters. The number of hydrogen-bond acceptors (Lipinski definition) is 11. The van der Waals surface area contributed by atoms with Crippen LogP contribution in [-0.2, 0) is 23.7 Å². The van der Waals surface area contributed by atoms with Gasteiger partial charge in [0.2, 0.25) is 17.8 Å². The van der Waals surface area contributed by atoms with Crippen molar-refractivity contribution in [1.82, 2.24) is 25.3 Å². The number of aliphatic imine (C=N–C) groups is 2. The van der Waals surface area contributed by atoms with E-state index in [1.165, 1.54) is 11.8 Å². The van der Waals surface area contributed by atoms with E-state index in [9.17, 15) is 29.1 Å². The Morgan fingerprint density at radius 1 is 0.854 bits per heavy atom. The first-order chi connectivity index (χ1) is 21.7. The third-order valence-corrected chi connectivity index (χ3v) is 6.89. The van der Waals surface area contributed by atoms with Gasteiger partial charge in [-0.2, -0.15) is 0 Å². The van der Waals surface area contributed by atoms with Gasteiger partial charge in [-0.05, 0) is 89.5 Å². The Morgan fingerprint density at radius 2 is 1.38 bits per heavy atom. The van der Waals surface area contributed by atoms with Crippen LogP contribution in [0.25, 0.3) is 0 Å². The Hall–Kier alpha value is -4.15. The van der Waals surface area contributed by atoms with Crippen molar-refractivity contribution >= 4 is 42.2 Å². The van der Waals surface area contributed by atoms with Crippen molar-refractivity contribution in [2.45, 2.75) is 143 Å². The summed E-state index contributed by atoms with van der Waals surface area (Å²) in [7, 11) is 0. The molecule has 48 heavy (non-hydrogen) atoms. The zero-order valence-corrected chi connectivity index (χ0v) is 30.2. The van der Waals surface area contributed by atoms with Crippen LogP contribution in [0.15, 0.2) is 9.98 Å². The zero-order chi connectivity index (χ0) is 36.8. The lowest BCUT2D eigenvalue weighted by Crippen LogP contribution is -2.80. The Kier molecular flexibility index (Phi) is 10.4. The number of amides is 5. The summed E-state index contributed by atoms with van der Waals surface area (Å²) in [6.07, 6.45) is -5.40. The lowest BCUT2D eigenvalue weighted by molar-refractivity contribution is -0.119. The first-order valence-electron chi connectivity index (χ1n) is 15.8. The molecular formula is C31H51N7O10. The van der Waals surface area contributed by atoms with Crippen molar-refractivity contribution in [2.75, 3.05) is 13.1 Å². The number of aliphatic hydroxyl groups is 1. The van der Waals surface area contributed by atoms with Crippen LogP contribution in [0, 0.1) is 0 Å². The predicted molar refractivity (Wildman–Crippen MR) is 173 cm³/mol. The number of nitrogens with zero attached hydrogens (tertiary/aromatic N) is 5.